The first-order chi connectivity index (χ1) is 17.6. The van der Waals surface area contributed by atoms with Crippen LogP contribution in [0.1, 0.15) is 44.1 Å². The number of hydrogen-bond acceptors (Lipinski definition) is 9. The Hall–Kier alpha value is -3.18. The molecule has 1 fully saturated rings. The van der Waals surface area contributed by atoms with Crippen molar-refractivity contribution in [2.75, 3.05) is 11.5 Å². The van der Waals surface area contributed by atoms with Crippen LogP contribution < -0.4 is 5.32 Å². The zero-order chi connectivity index (χ0) is 26.9. The van der Waals surface area contributed by atoms with Crippen LogP contribution in [0.3, 0.4) is 0 Å². The van der Waals surface area contributed by atoms with E-state index in [1.807, 2.05) is 44.2 Å². The van der Waals surface area contributed by atoms with Gasteiger partial charge >= 0.3 is 19.1 Å². The van der Waals surface area contributed by atoms with Gasteiger partial charge in [-0.15, -0.1) is 11.8 Å². The molecule has 0 aliphatic carbocycles. The predicted octanol–water partition coefficient (Wildman–Crippen LogP) is 2.92. The summed E-state index contributed by atoms with van der Waals surface area (Å²) in [5, 5.41) is 12.9. The van der Waals surface area contributed by atoms with E-state index in [1.165, 1.54) is 13.0 Å². The van der Waals surface area contributed by atoms with Crippen molar-refractivity contribution in [2.45, 2.75) is 51.6 Å². The third-order valence-electron chi connectivity index (χ3n) is 5.72. The molecule has 11 heteroatoms. The molecule has 1 aromatic carbocycles. The van der Waals surface area contributed by atoms with E-state index in [4.69, 9.17) is 9.31 Å². The van der Waals surface area contributed by atoms with Crippen molar-refractivity contribution in [3.05, 3.63) is 54.2 Å². The molecule has 1 aliphatic heterocycles. The van der Waals surface area contributed by atoms with Crippen LogP contribution in [0.15, 0.2) is 48.5 Å². The molecule has 1 saturated heterocycles. The Kier molecular flexibility index (Phi) is 10.3. The van der Waals surface area contributed by atoms with Crippen molar-refractivity contribution in [3.63, 3.8) is 0 Å². The Bertz CT molecular complexity index is 1100. The highest BCUT2D eigenvalue weighted by Crippen LogP contribution is 2.29. The summed E-state index contributed by atoms with van der Waals surface area (Å²) in [6.45, 7) is 5.26. The lowest BCUT2D eigenvalue weighted by Crippen LogP contribution is -2.49. The van der Waals surface area contributed by atoms with Crippen LogP contribution in [-0.2, 0) is 23.7 Å². The molecule has 3 rings (SSSR count). The Morgan fingerprint density at radius 1 is 1.03 bits per heavy atom. The summed E-state index contributed by atoms with van der Waals surface area (Å²) >= 11 is 1.10. The van der Waals surface area contributed by atoms with Crippen LogP contribution >= 0.6 is 11.8 Å². The second-order valence-corrected chi connectivity index (χ2v) is 10.4. The minimum Gasteiger partial charge on any atom is -0.498 e. The van der Waals surface area contributed by atoms with Gasteiger partial charge in [-0.2, -0.15) is 0 Å². The normalized spacial score (nSPS) is 16.6. The maximum Gasteiger partial charge on any atom is 0.602 e. The van der Waals surface area contributed by atoms with Gasteiger partial charge in [-0.3, -0.25) is 19.2 Å². The lowest BCUT2D eigenvalue weighted by Gasteiger charge is -2.27. The molecule has 0 spiro atoms. The number of aliphatic hydroxyl groups is 1. The monoisotopic (exact) mass is 526 g/mol. The largest absolute Gasteiger partial charge is 0.602 e. The fraction of sp³-hybridized carbons (Fsp3) is 0.423. The van der Waals surface area contributed by atoms with E-state index in [9.17, 15) is 24.3 Å². The Morgan fingerprint density at radius 2 is 1.68 bits per heavy atom. The highest BCUT2D eigenvalue weighted by Gasteiger charge is 2.42. The average Bonchev–Trinajstić information content (AvgIpc) is 2.85. The number of benzene rings is 1. The number of carbonyl (C=O) groups excluding carboxylic acids is 4. The molecular weight excluding hydrogens is 495 g/mol. The lowest BCUT2D eigenvalue weighted by atomic mass is 9.65. The molecule has 3 atom stereocenters. The van der Waals surface area contributed by atoms with Gasteiger partial charge in [0, 0.05) is 17.8 Å². The summed E-state index contributed by atoms with van der Waals surface area (Å²) in [6.07, 6.45) is -0.956. The number of rotatable bonds is 10. The molecule has 196 valence electrons. The Labute approximate surface area is 220 Å². The van der Waals surface area contributed by atoms with Crippen molar-refractivity contribution in [1.82, 2.24) is 10.3 Å². The summed E-state index contributed by atoms with van der Waals surface area (Å²) in [6, 6.07) is 13.1. The molecule has 1 aliphatic rings. The maximum absolute atomic E-state index is 13.3. The van der Waals surface area contributed by atoms with Crippen LogP contribution in [0, 0.1) is 5.92 Å². The van der Waals surface area contributed by atoms with Crippen LogP contribution in [0.4, 0.5) is 0 Å². The zero-order valence-corrected chi connectivity index (χ0v) is 21.9. The van der Waals surface area contributed by atoms with Gasteiger partial charge < -0.3 is 19.7 Å². The number of pyridine rings is 1. The SMILES string of the molecule is CC(C)C[C@H](CC(=O)[C@@H](NC(=O)c1cccc(-c2ccccc2)n1)[C@@H](C)O)B1OC(=O)CSCC(=O)O1. The number of hydrogen-bond donors (Lipinski definition) is 2. The maximum atomic E-state index is 13.3. The first-order valence-electron chi connectivity index (χ1n) is 12.1. The smallest absolute Gasteiger partial charge is 0.498 e. The third kappa shape index (κ3) is 8.43. The topological polar surface area (TPSA) is 132 Å². The van der Waals surface area contributed by atoms with Crippen molar-refractivity contribution in [1.29, 1.82) is 0 Å². The number of aliphatic hydroxyl groups excluding tert-OH is 1. The number of ketones is 1. The minimum atomic E-state index is -1.24. The van der Waals surface area contributed by atoms with E-state index in [0.717, 1.165) is 17.3 Å². The molecule has 9 nitrogen and oxygen atoms in total. The van der Waals surface area contributed by atoms with Crippen LogP contribution in [-0.4, -0.2) is 64.5 Å². The highest BCUT2D eigenvalue weighted by molar-refractivity contribution is 8.00. The first kappa shape index (κ1) is 28.4. The Morgan fingerprint density at radius 3 is 2.27 bits per heavy atom. The number of carbonyl (C=O) groups is 4. The molecule has 2 N–H and O–H groups in total. The van der Waals surface area contributed by atoms with E-state index in [0.29, 0.717) is 12.1 Å². The molecule has 0 unspecified atom stereocenters. The van der Waals surface area contributed by atoms with E-state index >= 15 is 0 Å². The molecule has 2 heterocycles. The number of Topliss-reactive ketones (excluding diaryl/α,β-unsaturated/α-hetero) is 1. The second-order valence-electron chi connectivity index (χ2n) is 9.37. The van der Waals surface area contributed by atoms with Gasteiger partial charge in [-0.25, -0.2) is 4.98 Å². The van der Waals surface area contributed by atoms with E-state index in [2.05, 4.69) is 10.3 Å². The van der Waals surface area contributed by atoms with Gasteiger partial charge in [-0.1, -0.05) is 50.2 Å². The Balaban J connectivity index is 1.76. The molecule has 1 amide bonds. The molecular formula is C26H31BN2O7S. The van der Waals surface area contributed by atoms with Crippen molar-refractivity contribution in [2.24, 2.45) is 5.92 Å². The van der Waals surface area contributed by atoms with Gasteiger partial charge in [0.1, 0.15) is 11.7 Å². The molecule has 37 heavy (non-hydrogen) atoms. The van der Waals surface area contributed by atoms with E-state index in [1.54, 1.807) is 12.1 Å². The lowest BCUT2D eigenvalue weighted by molar-refractivity contribution is -0.138. The van der Waals surface area contributed by atoms with Crippen LogP contribution in [0.25, 0.3) is 11.3 Å². The first-order valence-corrected chi connectivity index (χ1v) is 13.3. The molecule has 1 aromatic heterocycles. The van der Waals surface area contributed by atoms with Crippen molar-refractivity contribution >= 4 is 42.5 Å². The quantitative estimate of drug-likeness (QED) is 0.449. The van der Waals surface area contributed by atoms with Gasteiger partial charge in [0.25, 0.3) is 5.91 Å². The highest BCUT2D eigenvalue weighted by atomic mass is 32.2. The average molecular weight is 526 g/mol. The molecule has 0 radical (unpaired) electrons. The number of nitrogens with one attached hydrogen (secondary N) is 1. The zero-order valence-electron chi connectivity index (χ0n) is 21.1. The molecule has 2 aromatic rings. The van der Waals surface area contributed by atoms with Crippen molar-refractivity contribution in [3.8, 4) is 11.3 Å². The van der Waals surface area contributed by atoms with Crippen LogP contribution in [0.2, 0.25) is 5.82 Å². The summed E-state index contributed by atoms with van der Waals surface area (Å²) in [5.41, 5.74) is 1.52. The minimum absolute atomic E-state index is 0.00927. The van der Waals surface area contributed by atoms with Gasteiger partial charge in [0.2, 0.25) is 0 Å². The summed E-state index contributed by atoms with van der Waals surface area (Å²) in [4.78, 5) is 54.9. The standard InChI is InChI=1S/C26H31BN2O7S/c1-16(2)12-19(27-35-23(32)14-37-15-24(33)36-27)13-22(31)25(17(3)30)29-26(34)21-11-7-10-20(28-21)18-8-5-4-6-9-18/h4-11,16-17,19,25,30H,12-15H2,1-3H3,(H,29,34)/t17-,19-,25+/m1/s1. The van der Waals surface area contributed by atoms with E-state index in [-0.39, 0.29) is 29.5 Å². The number of amides is 1. The molecule has 0 saturated carbocycles. The fourth-order valence-electron chi connectivity index (χ4n) is 4.06. The second kappa shape index (κ2) is 13.4. The predicted molar refractivity (Wildman–Crippen MR) is 141 cm³/mol. The van der Waals surface area contributed by atoms with Gasteiger partial charge in [-0.05, 0) is 31.4 Å². The number of aromatic nitrogens is 1. The van der Waals surface area contributed by atoms with Gasteiger partial charge in [0.15, 0.2) is 5.78 Å². The third-order valence-corrected chi connectivity index (χ3v) is 6.60. The van der Waals surface area contributed by atoms with Crippen molar-refractivity contribution < 1.29 is 33.6 Å². The number of nitrogens with zero attached hydrogens (tertiary/aromatic N) is 1. The summed E-state index contributed by atoms with van der Waals surface area (Å²) in [5.74, 6) is -2.68. The summed E-state index contributed by atoms with van der Waals surface area (Å²) in [7, 11) is -1.22. The molecule has 0 bridgehead atoms. The van der Waals surface area contributed by atoms with Crippen LogP contribution in [0.5, 0.6) is 0 Å². The van der Waals surface area contributed by atoms with Gasteiger partial charge in [0.05, 0.1) is 23.3 Å². The number of thioether (sulfide) groups is 1. The van der Waals surface area contributed by atoms with E-state index < -0.39 is 48.7 Å². The summed E-state index contributed by atoms with van der Waals surface area (Å²) < 4.78 is 10.7. The fourth-order valence-corrected chi connectivity index (χ4v) is 4.63.